The molecule has 96 valence electrons. The van der Waals surface area contributed by atoms with Crippen molar-refractivity contribution in [3.05, 3.63) is 11.7 Å². The third kappa shape index (κ3) is 3.51. The minimum Gasteiger partial charge on any atom is -0.378 e. The summed E-state index contributed by atoms with van der Waals surface area (Å²) >= 11 is 0. The largest absolute Gasteiger partial charge is 0.378 e. The highest BCUT2D eigenvalue weighted by molar-refractivity contribution is 4.93. The molecule has 0 spiro atoms. The molecule has 1 aromatic heterocycles. The smallest absolute Gasteiger partial charge is 0.226 e. The van der Waals surface area contributed by atoms with Crippen molar-refractivity contribution in [2.45, 2.75) is 57.6 Å². The minimum atomic E-state index is -0.0970. The van der Waals surface area contributed by atoms with Gasteiger partial charge < -0.3 is 15.0 Å². The van der Waals surface area contributed by atoms with Crippen molar-refractivity contribution in [2.24, 2.45) is 5.73 Å². The van der Waals surface area contributed by atoms with E-state index < -0.39 is 0 Å². The molecule has 1 aromatic rings. The van der Waals surface area contributed by atoms with Crippen LogP contribution in [0.3, 0.4) is 0 Å². The number of hydrogen-bond acceptors (Lipinski definition) is 5. The Morgan fingerprint density at radius 1 is 1.53 bits per heavy atom. The van der Waals surface area contributed by atoms with Gasteiger partial charge in [-0.2, -0.15) is 4.98 Å². The average molecular weight is 239 g/mol. The summed E-state index contributed by atoms with van der Waals surface area (Å²) in [5.41, 5.74) is 5.93. The number of nitrogens with two attached hydrogens (primary N) is 1. The summed E-state index contributed by atoms with van der Waals surface area (Å²) in [4.78, 5) is 4.33. The maximum absolute atomic E-state index is 5.93. The number of ether oxygens (including phenoxy) is 1. The van der Waals surface area contributed by atoms with E-state index in [0.29, 0.717) is 17.8 Å². The Balaban J connectivity index is 1.80. The molecule has 0 radical (unpaired) electrons. The quantitative estimate of drug-likeness (QED) is 0.821. The fourth-order valence-electron chi connectivity index (χ4n) is 2.12. The zero-order chi connectivity index (χ0) is 12.1. The highest BCUT2D eigenvalue weighted by atomic mass is 16.5. The second kappa shape index (κ2) is 6.12. The molecule has 0 saturated carbocycles. The lowest BCUT2D eigenvalue weighted by Gasteiger charge is -2.05. The first kappa shape index (κ1) is 12.5. The van der Waals surface area contributed by atoms with Gasteiger partial charge in [0, 0.05) is 13.0 Å². The highest BCUT2D eigenvalue weighted by Gasteiger charge is 2.18. The summed E-state index contributed by atoms with van der Waals surface area (Å²) in [6, 6.07) is -0.0970. The summed E-state index contributed by atoms with van der Waals surface area (Å²) in [6.07, 6.45) is 6.36. The van der Waals surface area contributed by atoms with E-state index in [9.17, 15) is 0 Å². The lowest BCUT2D eigenvalue weighted by Crippen LogP contribution is -2.11. The first-order valence-corrected chi connectivity index (χ1v) is 6.49. The Kier molecular flexibility index (Phi) is 4.50. The molecular formula is C12H21N3O2. The van der Waals surface area contributed by atoms with Crippen LogP contribution in [0.5, 0.6) is 0 Å². The zero-order valence-corrected chi connectivity index (χ0v) is 10.4. The normalized spacial score (nSPS) is 21.9. The van der Waals surface area contributed by atoms with Crippen molar-refractivity contribution in [1.29, 1.82) is 0 Å². The van der Waals surface area contributed by atoms with Gasteiger partial charge in [-0.05, 0) is 25.7 Å². The fraction of sp³-hybridized carbons (Fsp3) is 0.833. The molecule has 0 amide bonds. The molecular weight excluding hydrogens is 218 g/mol. The minimum absolute atomic E-state index is 0.0970. The standard InChI is InChI=1S/C12H21N3O2/c1-2-4-10(13)12-14-11(17-15-12)7-6-9-5-3-8-16-9/h9-10H,2-8,13H2,1H3. The van der Waals surface area contributed by atoms with Crippen LogP contribution in [-0.4, -0.2) is 22.9 Å². The molecule has 0 aliphatic carbocycles. The van der Waals surface area contributed by atoms with E-state index in [2.05, 4.69) is 17.1 Å². The van der Waals surface area contributed by atoms with Gasteiger partial charge in [-0.3, -0.25) is 0 Å². The Morgan fingerprint density at radius 3 is 3.12 bits per heavy atom. The molecule has 2 atom stereocenters. The lowest BCUT2D eigenvalue weighted by molar-refractivity contribution is 0.102. The molecule has 5 nitrogen and oxygen atoms in total. The molecule has 1 aliphatic heterocycles. The predicted octanol–water partition coefficient (Wildman–Crippen LogP) is 1.98. The Hall–Kier alpha value is -0.940. The van der Waals surface area contributed by atoms with Crippen LogP contribution >= 0.6 is 0 Å². The number of rotatable bonds is 6. The van der Waals surface area contributed by atoms with Gasteiger partial charge in [-0.15, -0.1) is 0 Å². The molecule has 1 saturated heterocycles. The number of hydrogen-bond donors (Lipinski definition) is 1. The van der Waals surface area contributed by atoms with Crippen molar-refractivity contribution in [2.75, 3.05) is 6.61 Å². The molecule has 17 heavy (non-hydrogen) atoms. The van der Waals surface area contributed by atoms with Gasteiger partial charge >= 0.3 is 0 Å². The van der Waals surface area contributed by atoms with Crippen molar-refractivity contribution in [3.8, 4) is 0 Å². The molecule has 1 aliphatic rings. The fourth-order valence-corrected chi connectivity index (χ4v) is 2.12. The molecule has 0 aromatic carbocycles. The second-order valence-electron chi connectivity index (χ2n) is 4.62. The Morgan fingerprint density at radius 2 is 2.41 bits per heavy atom. The Bertz CT molecular complexity index is 334. The van der Waals surface area contributed by atoms with E-state index in [1.807, 2.05) is 0 Å². The van der Waals surface area contributed by atoms with E-state index in [1.165, 1.54) is 6.42 Å². The summed E-state index contributed by atoms with van der Waals surface area (Å²) in [6.45, 7) is 2.99. The molecule has 0 bridgehead atoms. The topological polar surface area (TPSA) is 74.2 Å². The summed E-state index contributed by atoms with van der Waals surface area (Å²) in [5.74, 6) is 1.32. The second-order valence-corrected chi connectivity index (χ2v) is 4.62. The third-order valence-electron chi connectivity index (χ3n) is 3.12. The first-order valence-electron chi connectivity index (χ1n) is 6.49. The van der Waals surface area contributed by atoms with Gasteiger partial charge in [0.2, 0.25) is 5.89 Å². The van der Waals surface area contributed by atoms with Gasteiger partial charge in [0.25, 0.3) is 0 Å². The molecule has 2 unspecified atom stereocenters. The number of nitrogens with zero attached hydrogens (tertiary/aromatic N) is 2. The molecule has 2 N–H and O–H groups in total. The van der Waals surface area contributed by atoms with Crippen LogP contribution in [-0.2, 0) is 11.2 Å². The van der Waals surface area contributed by atoms with Crippen LogP contribution in [0.15, 0.2) is 4.52 Å². The van der Waals surface area contributed by atoms with Crippen LogP contribution in [0.4, 0.5) is 0 Å². The molecule has 1 fully saturated rings. The van der Waals surface area contributed by atoms with Gasteiger partial charge in [0.1, 0.15) is 0 Å². The average Bonchev–Trinajstić information content (AvgIpc) is 2.98. The SMILES string of the molecule is CCCC(N)c1noc(CCC2CCCO2)n1. The van der Waals surface area contributed by atoms with Crippen LogP contribution in [0.2, 0.25) is 0 Å². The van der Waals surface area contributed by atoms with Crippen LogP contribution in [0.1, 0.15) is 56.8 Å². The van der Waals surface area contributed by atoms with Gasteiger partial charge in [0.15, 0.2) is 5.82 Å². The van der Waals surface area contributed by atoms with E-state index in [-0.39, 0.29) is 6.04 Å². The summed E-state index contributed by atoms with van der Waals surface area (Å²) in [7, 11) is 0. The monoisotopic (exact) mass is 239 g/mol. The molecule has 2 rings (SSSR count). The van der Waals surface area contributed by atoms with Crippen molar-refractivity contribution < 1.29 is 9.26 Å². The maximum atomic E-state index is 5.93. The number of aryl methyl sites for hydroxylation is 1. The first-order chi connectivity index (χ1) is 8.29. The van der Waals surface area contributed by atoms with Crippen molar-refractivity contribution in [1.82, 2.24) is 10.1 Å². The predicted molar refractivity (Wildman–Crippen MR) is 63.4 cm³/mol. The van der Waals surface area contributed by atoms with Crippen LogP contribution in [0.25, 0.3) is 0 Å². The van der Waals surface area contributed by atoms with Gasteiger partial charge in [-0.25, -0.2) is 0 Å². The maximum Gasteiger partial charge on any atom is 0.226 e. The zero-order valence-electron chi connectivity index (χ0n) is 10.4. The Labute approximate surface area is 102 Å². The van der Waals surface area contributed by atoms with E-state index in [4.69, 9.17) is 15.0 Å². The highest BCUT2D eigenvalue weighted by Crippen LogP contribution is 2.18. The van der Waals surface area contributed by atoms with Gasteiger partial charge in [-0.1, -0.05) is 18.5 Å². The van der Waals surface area contributed by atoms with Crippen molar-refractivity contribution >= 4 is 0 Å². The van der Waals surface area contributed by atoms with E-state index >= 15 is 0 Å². The van der Waals surface area contributed by atoms with Gasteiger partial charge in [0.05, 0.1) is 12.1 Å². The van der Waals surface area contributed by atoms with Crippen molar-refractivity contribution in [3.63, 3.8) is 0 Å². The van der Waals surface area contributed by atoms with E-state index in [1.54, 1.807) is 0 Å². The summed E-state index contributed by atoms with van der Waals surface area (Å²) in [5, 5.41) is 3.93. The van der Waals surface area contributed by atoms with Crippen LogP contribution < -0.4 is 5.73 Å². The lowest BCUT2D eigenvalue weighted by atomic mass is 10.1. The third-order valence-corrected chi connectivity index (χ3v) is 3.12. The summed E-state index contributed by atoms with van der Waals surface area (Å²) < 4.78 is 10.7. The van der Waals surface area contributed by atoms with E-state index in [0.717, 1.165) is 38.7 Å². The van der Waals surface area contributed by atoms with Crippen LogP contribution in [0, 0.1) is 0 Å². The molecule has 5 heteroatoms. The number of aromatic nitrogens is 2. The molecule has 2 heterocycles.